The SMILES string of the molecule is CC[C@@H](C)NC(=O)[C@@H](C)N(Cc1ccc(Br)cc1)C(=O)CN(c1cc(C)ccc1OC)S(=O)(=O)c1ccccc1. The number of aryl methyl sites for hydroxylation is 1. The van der Waals surface area contributed by atoms with Gasteiger partial charge in [-0.3, -0.25) is 13.9 Å². The lowest BCUT2D eigenvalue weighted by molar-refractivity contribution is -0.139. The number of ether oxygens (including phenoxy) is 1. The molecule has 0 aliphatic rings. The Hall–Kier alpha value is -3.37. The van der Waals surface area contributed by atoms with Gasteiger partial charge in [-0.2, -0.15) is 0 Å². The Morgan fingerprint density at radius 2 is 1.65 bits per heavy atom. The van der Waals surface area contributed by atoms with Crippen LogP contribution in [0, 0.1) is 6.92 Å². The lowest BCUT2D eigenvalue weighted by Gasteiger charge is -2.33. The van der Waals surface area contributed by atoms with Crippen molar-refractivity contribution in [2.24, 2.45) is 0 Å². The number of amides is 2. The Balaban J connectivity index is 2.08. The molecule has 0 bridgehead atoms. The third-order valence-corrected chi connectivity index (χ3v) is 8.95. The van der Waals surface area contributed by atoms with Crippen molar-refractivity contribution >= 4 is 43.5 Å². The van der Waals surface area contributed by atoms with Gasteiger partial charge in [0.2, 0.25) is 11.8 Å². The van der Waals surface area contributed by atoms with E-state index in [-0.39, 0.29) is 29.1 Å². The zero-order chi connectivity index (χ0) is 29.4. The molecule has 0 radical (unpaired) electrons. The highest BCUT2D eigenvalue weighted by Gasteiger charge is 2.34. The molecule has 3 aromatic carbocycles. The summed E-state index contributed by atoms with van der Waals surface area (Å²) in [5.74, 6) is -0.539. The zero-order valence-electron chi connectivity index (χ0n) is 23.4. The molecule has 2 atom stereocenters. The van der Waals surface area contributed by atoms with Crippen LogP contribution in [-0.4, -0.2) is 50.9 Å². The van der Waals surface area contributed by atoms with Gasteiger partial charge < -0.3 is 15.0 Å². The van der Waals surface area contributed by atoms with Crippen LogP contribution in [0.5, 0.6) is 5.75 Å². The summed E-state index contributed by atoms with van der Waals surface area (Å²) in [6.07, 6.45) is 0.732. The highest BCUT2D eigenvalue weighted by Crippen LogP contribution is 2.33. The highest BCUT2D eigenvalue weighted by molar-refractivity contribution is 9.10. The maximum atomic E-state index is 14.1. The largest absolute Gasteiger partial charge is 0.495 e. The monoisotopic (exact) mass is 629 g/mol. The molecule has 1 N–H and O–H groups in total. The second-order valence-corrected chi connectivity index (χ2v) is 12.4. The summed E-state index contributed by atoms with van der Waals surface area (Å²) in [6.45, 7) is 6.92. The van der Waals surface area contributed by atoms with E-state index >= 15 is 0 Å². The molecule has 0 aliphatic heterocycles. The van der Waals surface area contributed by atoms with Crippen molar-refractivity contribution in [1.82, 2.24) is 10.2 Å². The summed E-state index contributed by atoms with van der Waals surface area (Å²) in [5.41, 5.74) is 1.83. The maximum Gasteiger partial charge on any atom is 0.264 e. The zero-order valence-corrected chi connectivity index (χ0v) is 25.8. The molecule has 2 amide bonds. The maximum absolute atomic E-state index is 14.1. The number of carbonyl (C=O) groups is 2. The fourth-order valence-corrected chi connectivity index (χ4v) is 5.76. The Morgan fingerprint density at radius 3 is 2.25 bits per heavy atom. The summed E-state index contributed by atoms with van der Waals surface area (Å²) in [7, 11) is -2.73. The van der Waals surface area contributed by atoms with Crippen LogP contribution in [0.25, 0.3) is 0 Å². The van der Waals surface area contributed by atoms with Crippen molar-refractivity contribution in [3.05, 3.63) is 88.4 Å². The minimum Gasteiger partial charge on any atom is -0.495 e. The predicted octanol–water partition coefficient (Wildman–Crippen LogP) is 5.29. The standard InChI is InChI=1S/C30H36BrN3O5S/c1-6-22(3)32-30(36)23(4)33(19-24-13-15-25(31)16-14-24)29(35)20-34(27-18-21(2)12-17-28(27)39-5)40(37,38)26-10-8-7-9-11-26/h7-18,22-23H,6,19-20H2,1-5H3,(H,32,36)/t22-,23-/m1/s1. The first-order chi connectivity index (χ1) is 19.0. The molecule has 0 fully saturated rings. The average molecular weight is 631 g/mol. The van der Waals surface area contributed by atoms with Gasteiger partial charge in [0.1, 0.15) is 18.3 Å². The Bertz CT molecular complexity index is 1420. The number of sulfonamides is 1. The van der Waals surface area contributed by atoms with E-state index in [0.717, 1.165) is 26.3 Å². The molecule has 0 aliphatic carbocycles. The van der Waals surface area contributed by atoms with Crippen molar-refractivity contribution in [3.63, 3.8) is 0 Å². The van der Waals surface area contributed by atoms with Gasteiger partial charge in [0.05, 0.1) is 17.7 Å². The number of methoxy groups -OCH3 is 1. The van der Waals surface area contributed by atoms with E-state index in [0.29, 0.717) is 5.75 Å². The van der Waals surface area contributed by atoms with Crippen LogP contribution in [0.1, 0.15) is 38.3 Å². The number of rotatable bonds is 12. The van der Waals surface area contributed by atoms with Crippen LogP contribution >= 0.6 is 15.9 Å². The molecule has 0 spiro atoms. The topological polar surface area (TPSA) is 96.0 Å². The summed E-state index contributed by atoms with van der Waals surface area (Å²) in [5, 5.41) is 2.93. The van der Waals surface area contributed by atoms with Crippen LogP contribution < -0.4 is 14.4 Å². The average Bonchev–Trinajstić information content (AvgIpc) is 2.95. The second kappa shape index (κ2) is 13.8. The molecule has 0 aromatic heterocycles. The Morgan fingerprint density at radius 1 is 1.00 bits per heavy atom. The van der Waals surface area contributed by atoms with E-state index in [1.165, 1.54) is 24.1 Å². The van der Waals surface area contributed by atoms with Gasteiger partial charge in [0.15, 0.2) is 0 Å². The summed E-state index contributed by atoms with van der Waals surface area (Å²) in [4.78, 5) is 28.7. The molecule has 40 heavy (non-hydrogen) atoms. The van der Waals surface area contributed by atoms with E-state index in [9.17, 15) is 18.0 Å². The third-order valence-electron chi connectivity index (χ3n) is 6.65. The molecule has 0 heterocycles. The first kappa shape index (κ1) is 31.2. The fourth-order valence-electron chi connectivity index (χ4n) is 4.06. The molecule has 0 unspecified atom stereocenters. The minimum absolute atomic E-state index is 0.0355. The van der Waals surface area contributed by atoms with Crippen molar-refractivity contribution < 1.29 is 22.7 Å². The number of carbonyl (C=O) groups excluding carboxylic acids is 2. The summed E-state index contributed by atoms with van der Waals surface area (Å²) in [6, 6.07) is 19.6. The number of hydrogen-bond acceptors (Lipinski definition) is 5. The van der Waals surface area contributed by atoms with Crippen molar-refractivity contribution in [1.29, 1.82) is 0 Å². The van der Waals surface area contributed by atoms with Crippen molar-refractivity contribution in [3.8, 4) is 5.75 Å². The van der Waals surface area contributed by atoms with Gasteiger partial charge in [-0.25, -0.2) is 8.42 Å². The first-order valence-corrected chi connectivity index (χ1v) is 15.3. The van der Waals surface area contributed by atoms with Crippen molar-refractivity contribution in [2.75, 3.05) is 18.0 Å². The molecule has 3 aromatic rings. The molecule has 214 valence electrons. The number of nitrogens with one attached hydrogen (secondary N) is 1. The predicted molar refractivity (Wildman–Crippen MR) is 161 cm³/mol. The van der Waals surface area contributed by atoms with E-state index < -0.39 is 28.5 Å². The van der Waals surface area contributed by atoms with Crippen LogP contribution in [0.3, 0.4) is 0 Å². The minimum atomic E-state index is -4.18. The second-order valence-electron chi connectivity index (χ2n) is 9.64. The quantitative estimate of drug-likeness (QED) is 0.294. The van der Waals surface area contributed by atoms with E-state index in [2.05, 4.69) is 21.2 Å². The number of hydrogen-bond donors (Lipinski definition) is 1. The van der Waals surface area contributed by atoms with Gasteiger partial charge in [-0.1, -0.05) is 59.3 Å². The number of nitrogens with zero attached hydrogens (tertiary/aromatic N) is 2. The van der Waals surface area contributed by atoms with Gasteiger partial charge in [-0.15, -0.1) is 0 Å². The normalized spacial score (nSPS) is 12.8. The first-order valence-electron chi connectivity index (χ1n) is 13.0. The lowest BCUT2D eigenvalue weighted by atomic mass is 10.1. The van der Waals surface area contributed by atoms with E-state index in [1.54, 1.807) is 43.3 Å². The molecular weight excluding hydrogens is 594 g/mol. The molecule has 8 nitrogen and oxygen atoms in total. The van der Waals surface area contributed by atoms with Crippen LogP contribution in [0.4, 0.5) is 5.69 Å². The number of benzene rings is 3. The highest BCUT2D eigenvalue weighted by atomic mass is 79.9. The fraction of sp³-hybridized carbons (Fsp3) is 0.333. The van der Waals surface area contributed by atoms with Gasteiger partial charge >= 0.3 is 0 Å². The van der Waals surface area contributed by atoms with Gasteiger partial charge in [-0.05, 0) is 74.7 Å². The van der Waals surface area contributed by atoms with Gasteiger partial charge in [0, 0.05) is 17.1 Å². The van der Waals surface area contributed by atoms with Crippen LogP contribution in [0.15, 0.2) is 82.2 Å². The smallest absolute Gasteiger partial charge is 0.264 e. The van der Waals surface area contributed by atoms with Crippen LogP contribution in [-0.2, 0) is 26.2 Å². The van der Waals surface area contributed by atoms with Gasteiger partial charge in [0.25, 0.3) is 10.0 Å². The summed E-state index contributed by atoms with van der Waals surface area (Å²) >= 11 is 3.42. The molecule has 0 saturated carbocycles. The van der Waals surface area contributed by atoms with Crippen molar-refractivity contribution in [2.45, 2.75) is 57.6 Å². The lowest BCUT2D eigenvalue weighted by Crippen LogP contribution is -2.52. The van der Waals surface area contributed by atoms with Crippen LogP contribution in [0.2, 0.25) is 0 Å². The van der Waals surface area contributed by atoms with E-state index in [1.807, 2.05) is 45.0 Å². The number of halogens is 1. The molecule has 10 heteroatoms. The van der Waals surface area contributed by atoms with E-state index in [4.69, 9.17) is 4.74 Å². The number of anilines is 1. The molecule has 0 saturated heterocycles. The molecule has 3 rings (SSSR count). The summed E-state index contributed by atoms with van der Waals surface area (Å²) < 4.78 is 35.4. The molecular formula is C30H36BrN3O5S. The Kier molecular flexibility index (Phi) is 10.8. The Labute approximate surface area is 245 Å². The third kappa shape index (κ3) is 7.63.